The van der Waals surface area contributed by atoms with Crippen molar-refractivity contribution in [3.8, 4) is 0 Å². The van der Waals surface area contributed by atoms with E-state index in [1.807, 2.05) is 24.3 Å². The summed E-state index contributed by atoms with van der Waals surface area (Å²) in [7, 11) is 0. The molecule has 0 spiro atoms. The Morgan fingerprint density at radius 1 is 1.33 bits per heavy atom. The van der Waals surface area contributed by atoms with Crippen LogP contribution >= 0.6 is 0 Å². The molecule has 0 radical (unpaired) electrons. The third kappa shape index (κ3) is 2.97. The van der Waals surface area contributed by atoms with Crippen LogP contribution in [0.15, 0.2) is 24.3 Å². The third-order valence-electron chi connectivity index (χ3n) is 3.52. The molecule has 1 amide bonds. The number of ketones is 1. The van der Waals surface area contributed by atoms with Gasteiger partial charge < -0.3 is 5.32 Å². The molecule has 1 aromatic carbocycles. The van der Waals surface area contributed by atoms with Gasteiger partial charge in [0.15, 0.2) is 5.78 Å². The second-order valence-electron chi connectivity index (χ2n) is 4.81. The fraction of sp³-hybridized carbons (Fsp3) is 0.467. The summed E-state index contributed by atoms with van der Waals surface area (Å²) in [5.74, 6) is -0.0448. The first-order chi connectivity index (χ1) is 8.70. The van der Waals surface area contributed by atoms with E-state index in [1.165, 1.54) is 5.56 Å². The zero-order valence-corrected chi connectivity index (χ0v) is 10.7. The summed E-state index contributed by atoms with van der Waals surface area (Å²) < 4.78 is 0. The lowest BCUT2D eigenvalue weighted by molar-refractivity contribution is -0.126. The van der Waals surface area contributed by atoms with Crippen LogP contribution in [0.25, 0.3) is 0 Å². The molecule has 0 bridgehead atoms. The van der Waals surface area contributed by atoms with Crippen molar-refractivity contribution in [3.05, 3.63) is 35.4 Å². The molecule has 1 unspecified atom stereocenters. The number of Topliss-reactive ketones (excluding diaryl/α,β-unsaturated/α-hetero) is 1. The van der Waals surface area contributed by atoms with E-state index in [4.69, 9.17) is 0 Å². The first-order valence-electron chi connectivity index (χ1n) is 6.60. The van der Waals surface area contributed by atoms with Crippen molar-refractivity contribution < 1.29 is 9.59 Å². The summed E-state index contributed by atoms with van der Waals surface area (Å²) in [6, 6.07) is 7.69. The van der Waals surface area contributed by atoms with E-state index in [-0.39, 0.29) is 17.6 Å². The molecule has 96 valence electrons. The van der Waals surface area contributed by atoms with Gasteiger partial charge in [0.05, 0.1) is 0 Å². The maximum absolute atomic E-state index is 12.1. The van der Waals surface area contributed by atoms with Crippen LogP contribution in [0.5, 0.6) is 0 Å². The van der Waals surface area contributed by atoms with E-state index in [1.54, 1.807) is 0 Å². The Morgan fingerprint density at radius 3 is 2.67 bits per heavy atom. The van der Waals surface area contributed by atoms with Gasteiger partial charge in [0, 0.05) is 24.4 Å². The number of rotatable bonds is 4. The van der Waals surface area contributed by atoms with E-state index in [9.17, 15) is 9.59 Å². The molecule has 0 aromatic heterocycles. The van der Waals surface area contributed by atoms with Crippen molar-refractivity contribution in [3.63, 3.8) is 0 Å². The molecule has 0 aliphatic carbocycles. The minimum absolute atomic E-state index is 0.0276. The van der Waals surface area contributed by atoms with Crippen molar-refractivity contribution in [2.45, 2.75) is 32.6 Å². The highest BCUT2D eigenvalue weighted by molar-refractivity contribution is 5.98. The smallest absolute Gasteiger partial charge is 0.223 e. The lowest BCUT2D eigenvalue weighted by atomic mass is 9.91. The molecule has 0 saturated carbocycles. The van der Waals surface area contributed by atoms with E-state index in [0.717, 1.165) is 25.8 Å². The molecule has 1 aliphatic heterocycles. The quantitative estimate of drug-likeness (QED) is 0.828. The number of aryl methyl sites for hydroxylation is 1. The molecular formula is C15H19NO2. The normalized spacial score (nSPS) is 19.4. The van der Waals surface area contributed by atoms with Crippen LogP contribution < -0.4 is 5.32 Å². The van der Waals surface area contributed by atoms with Gasteiger partial charge in [-0.15, -0.1) is 0 Å². The summed E-state index contributed by atoms with van der Waals surface area (Å²) in [5.41, 5.74) is 1.94. The highest BCUT2D eigenvalue weighted by atomic mass is 16.2. The molecule has 18 heavy (non-hydrogen) atoms. The Labute approximate surface area is 108 Å². The van der Waals surface area contributed by atoms with Crippen molar-refractivity contribution >= 4 is 11.7 Å². The zero-order valence-electron chi connectivity index (χ0n) is 10.7. The van der Waals surface area contributed by atoms with Gasteiger partial charge in [-0.1, -0.05) is 31.2 Å². The van der Waals surface area contributed by atoms with Gasteiger partial charge in [-0.25, -0.2) is 0 Å². The number of benzene rings is 1. The van der Waals surface area contributed by atoms with Gasteiger partial charge in [0.1, 0.15) is 0 Å². The van der Waals surface area contributed by atoms with Crippen molar-refractivity contribution in [2.24, 2.45) is 5.92 Å². The van der Waals surface area contributed by atoms with E-state index < -0.39 is 0 Å². The SMILES string of the molecule is CCc1ccc(C(=O)CC2CCCNC2=O)cc1. The molecule has 3 heteroatoms. The molecule has 2 rings (SSSR count). The van der Waals surface area contributed by atoms with Gasteiger partial charge in [-0.05, 0) is 24.8 Å². The molecule has 1 aliphatic rings. The van der Waals surface area contributed by atoms with E-state index in [2.05, 4.69) is 12.2 Å². The minimum Gasteiger partial charge on any atom is -0.356 e. The largest absolute Gasteiger partial charge is 0.356 e. The fourth-order valence-corrected chi connectivity index (χ4v) is 2.30. The molecule has 1 heterocycles. The molecule has 1 saturated heterocycles. The molecule has 3 nitrogen and oxygen atoms in total. The van der Waals surface area contributed by atoms with Crippen molar-refractivity contribution in [1.82, 2.24) is 5.32 Å². The van der Waals surface area contributed by atoms with Gasteiger partial charge in [0.2, 0.25) is 5.91 Å². The second-order valence-corrected chi connectivity index (χ2v) is 4.81. The van der Waals surface area contributed by atoms with Crippen LogP contribution in [-0.2, 0) is 11.2 Å². The van der Waals surface area contributed by atoms with Crippen LogP contribution in [0.4, 0.5) is 0 Å². The second kappa shape index (κ2) is 5.80. The van der Waals surface area contributed by atoms with E-state index >= 15 is 0 Å². The molecule has 1 N–H and O–H groups in total. The summed E-state index contributed by atoms with van der Waals surface area (Å²) in [5, 5.41) is 2.82. The van der Waals surface area contributed by atoms with Crippen LogP contribution in [0.3, 0.4) is 0 Å². The predicted molar refractivity (Wildman–Crippen MR) is 70.5 cm³/mol. The highest BCUT2D eigenvalue weighted by Crippen LogP contribution is 2.18. The monoisotopic (exact) mass is 245 g/mol. The standard InChI is InChI=1S/C15H19NO2/c1-2-11-5-7-12(8-6-11)14(17)10-13-4-3-9-16-15(13)18/h5-8,13H,2-4,9-10H2,1H3,(H,16,18). The minimum atomic E-state index is -0.142. The maximum atomic E-state index is 12.1. The molecular weight excluding hydrogens is 226 g/mol. The number of hydrogen-bond acceptors (Lipinski definition) is 2. The van der Waals surface area contributed by atoms with Gasteiger partial charge >= 0.3 is 0 Å². The molecule has 1 fully saturated rings. The Bertz CT molecular complexity index is 436. The van der Waals surface area contributed by atoms with E-state index in [0.29, 0.717) is 12.0 Å². The predicted octanol–water partition coefficient (Wildman–Crippen LogP) is 2.35. The Kier molecular flexibility index (Phi) is 4.13. The Morgan fingerprint density at radius 2 is 2.06 bits per heavy atom. The Balaban J connectivity index is 2.00. The summed E-state index contributed by atoms with van der Waals surface area (Å²) >= 11 is 0. The van der Waals surface area contributed by atoms with Gasteiger partial charge in [0.25, 0.3) is 0 Å². The number of hydrogen-bond donors (Lipinski definition) is 1. The molecule has 1 atom stereocenters. The van der Waals surface area contributed by atoms with Crippen LogP contribution in [0.1, 0.15) is 42.1 Å². The number of nitrogens with one attached hydrogen (secondary N) is 1. The van der Waals surface area contributed by atoms with Crippen LogP contribution in [0, 0.1) is 5.92 Å². The fourth-order valence-electron chi connectivity index (χ4n) is 2.30. The van der Waals surface area contributed by atoms with Gasteiger partial charge in [-0.2, -0.15) is 0 Å². The number of carbonyl (C=O) groups excluding carboxylic acids is 2. The summed E-state index contributed by atoms with van der Waals surface area (Å²) in [6.45, 7) is 2.83. The number of amides is 1. The van der Waals surface area contributed by atoms with Crippen LogP contribution in [0.2, 0.25) is 0 Å². The lowest BCUT2D eigenvalue weighted by Crippen LogP contribution is -2.37. The lowest BCUT2D eigenvalue weighted by Gasteiger charge is -2.21. The number of carbonyl (C=O) groups is 2. The topological polar surface area (TPSA) is 46.2 Å². The third-order valence-corrected chi connectivity index (χ3v) is 3.52. The first kappa shape index (κ1) is 12.8. The van der Waals surface area contributed by atoms with Crippen molar-refractivity contribution in [2.75, 3.05) is 6.54 Å². The number of piperidine rings is 1. The zero-order chi connectivity index (χ0) is 13.0. The van der Waals surface area contributed by atoms with Crippen molar-refractivity contribution in [1.29, 1.82) is 0 Å². The first-order valence-corrected chi connectivity index (χ1v) is 6.60. The Hall–Kier alpha value is -1.64. The highest BCUT2D eigenvalue weighted by Gasteiger charge is 2.24. The average Bonchev–Trinajstić information content (AvgIpc) is 2.41. The average molecular weight is 245 g/mol. The van der Waals surface area contributed by atoms with Crippen LogP contribution in [-0.4, -0.2) is 18.2 Å². The summed E-state index contributed by atoms with van der Waals surface area (Å²) in [4.78, 5) is 23.7. The summed E-state index contributed by atoms with van der Waals surface area (Å²) in [6.07, 6.45) is 3.10. The maximum Gasteiger partial charge on any atom is 0.223 e. The molecule has 1 aromatic rings. The van der Waals surface area contributed by atoms with Gasteiger partial charge in [-0.3, -0.25) is 9.59 Å².